The van der Waals surface area contributed by atoms with Gasteiger partial charge in [-0.2, -0.15) is 0 Å². The van der Waals surface area contributed by atoms with Gasteiger partial charge in [0.1, 0.15) is 5.82 Å². The van der Waals surface area contributed by atoms with Gasteiger partial charge in [0.15, 0.2) is 0 Å². The second kappa shape index (κ2) is 6.45. The average molecular weight is 288 g/mol. The number of likely N-dealkylation sites (N-methyl/N-ethyl adjacent to an activating group) is 1. The van der Waals surface area contributed by atoms with Crippen molar-refractivity contribution in [3.05, 3.63) is 75.1 Å². The zero-order valence-corrected chi connectivity index (χ0v) is 12.0. The number of benzene rings is 2. The minimum atomic E-state index is -0.377. The van der Waals surface area contributed by atoms with Gasteiger partial charge in [0.05, 0.1) is 4.92 Å². The van der Waals surface area contributed by atoms with E-state index in [1.807, 2.05) is 0 Å². The number of hydrogen-bond acceptors (Lipinski definition) is 3. The molecule has 2 rings (SSSR count). The number of hydrogen-bond donors (Lipinski definition) is 1. The fourth-order valence-corrected chi connectivity index (χ4v) is 2.35. The van der Waals surface area contributed by atoms with Crippen LogP contribution in [0.15, 0.2) is 42.5 Å². The molecule has 2 aromatic carbocycles. The van der Waals surface area contributed by atoms with Gasteiger partial charge < -0.3 is 5.32 Å². The van der Waals surface area contributed by atoms with Crippen molar-refractivity contribution in [2.75, 3.05) is 7.05 Å². The van der Waals surface area contributed by atoms with Crippen LogP contribution in [0.4, 0.5) is 10.1 Å². The van der Waals surface area contributed by atoms with Gasteiger partial charge in [0, 0.05) is 17.7 Å². The summed E-state index contributed by atoms with van der Waals surface area (Å²) in [4.78, 5) is 10.7. The highest BCUT2D eigenvalue weighted by Crippen LogP contribution is 2.25. The maximum Gasteiger partial charge on any atom is 0.272 e. The summed E-state index contributed by atoms with van der Waals surface area (Å²) < 4.78 is 13.4. The first-order valence-corrected chi connectivity index (χ1v) is 6.68. The maximum absolute atomic E-state index is 13.4. The Labute approximate surface area is 122 Å². The second-order valence-corrected chi connectivity index (χ2v) is 4.94. The number of nitrogens with one attached hydrogen (secondary N) is 1. The van der Waals surface area contributed by atoms with Crippen molar-refractivity contribution in [3.8, 4) is 0 Å². The number of nitro benzene ring substituents is 1. The molecule has 0 radical (unpaired) electrons. The van der Waals surface area contributed by atoms with E-state index >= 15 is 0 Å². The summed E-state index contributed by atoms with van der Waals surface area (Å²) in [6.45, 7) is 1.70. The zero-order valence-electron chi connectivity index (χ0n) is 12.0. The minimum absolute atomic E-state index is 0.106. The summed E-state index contributed by atoms with van der Waals surface area (Å²) in [6.07, 6.45) is 0.471. The van der Waals surface area contributed by atoms with Crippen LogP contribution < -0.4 is 5.32 Å². The summed E-state index contributed by atoms with van der Waals surface area (Å²) in [5.74, 6) is -0.251. The molecule has 1 unspecified atom stereocenters. The molecule has 0 heterocycles. The molecule has 1 N–H and O–H groups in total. The van der Waals surface area contributed by atoms with Crippen molar-refractivity contribution in [1.82, 2.24) is 5.32 Å². The molecule has 0 aliphatic carbocycles. The predicted octanol–water partition coefficient (Wildman–Crippen LogP) is 3.55. The third kappa shape index (κ3) is 3.44. The van der Waals surface area contributed by atoms with E-state index in [1.54, 1.807) is 44.3 Å². The highest BCUT2D eigenvalue weighted by atomic mass is 19.1. The Hall–Kier alpha value is -2.27. The normalized spacial score (nSPS) is 12.1. The van der Waals surface area contributed by atoms with E-state index in [1.165, 1.54) is 12.1 Å². The van der Waals surface area contributed by atoms with Gasteiger partial charge in [-0.3, -0.25) is 10.1 Å². The lowest BCUT2D eigenvalue weighted by Crippen LogP contribution is -2.19. The molecule has 0 aliphatic heterocycles. The average Bonchev–Trinajstić information content (AvgIpc) is 2.48. The van der Waals surface area contributed by atoms with Crippen molar-refractivity contribution in [3.63, 3.8) is 0 Å². The first-order chi connectivity index (χ1) is 10.0. The van der Waals surface area contributed by atoms with Crippen molar-refractivity contribution >= 4 is 5.69 Å². The Balaban J connectivity index is 2.31. The highest BCUT2D eigenvalue weighted by molar-refractivity contribution is 5.41. The fraction of sp³-hybridized carbons (Fsp3) is 0.250. The molecule has 0 bridgehead atoms. The summed E-state index contributed by atoms with van der Waals surface area (Å²) in [5, 5.41) is 14.2. The Morgan fingerprint density at radius 3 is 2.62 bits per heavy atom. The monoisotopic (exact) mass is 288 g/mol. The lowest BCUT2D eigenvalue weighted by molar-refractivity contribution is -0.385. The molecule has 0 aromatic heterocycles. The zero-order chi connectivity index (χ0) is 15.4. The number of para-hydroxylation sites is 1. The molecule has 1 atom stereocenters. The number of nitro groups is 1. The minimum Gasteiger partial charge on any atom is -0.313 e. The van der Waals surface area contributed by atoms with E-state index in [-0.39, 0.29) is 22.5 Å². The van der Waals surface area contributed by atoms with E-state index < -0.39 is 0 Å². The van der Waals surface area contributed by atoms with Crippen molar-refractivity contribution in [1.29, 1.82) is 0 Å². The Morgan fingerprint density at radius 1 is 1.29 bits per heavy atom. The quantitative estimate of drug-likeness (QED) is 0.676. The third-order valence-corrected chi connectivity index (χ3v) is 3.55. The van der Waals surface area contributed by atoms with E-state index in [9.17, 15) is 14.5 Å². The van der Waals surface area contributed by atoms with E-state index in [2.05, 4.69) is 5.32 Å². The Kier molecular flexibility index (Phi) is 4.65. The van der Waals surface area contributed by atoms with Crippen LogP contribution >= 0.6 is 0 Å². The van der Waals surface area contributed by atoms with Crippen LogP contribution in [-0.2, 0) is 6.42 Å². The highest BCUT2D eigenvalue weighted by Gasteiger charge is 2.18. The van der Waals surface area contributed by atoms with E-state index in [0.29, 0.717) is 17.5 Å². The van der Waals surface area contributed by atoms with Crippen LogP contribution in [0.3, 0.4) is 0 Å². The molecule has 110 valence electrons. The lowest BCUT2D eigenvalue weighted by atomic mass is 9.96. The van der Waals surface area contributed by atoms with Crippen LogP contribution in [-0.4, -0.2) is 12.0 Å². The Bertz CT molecular complexity index is 658. The molecular formula is C16H17FN2O2. The van der Waals surface area contributed by atoms with Crippen molar-refractivity contribution in [2.45, 2.75) is 19.4 Å². The summed E-state index contributed by atoms with van der Waals surface area (Å²) in [5.41, 5.74) is 2.24. The number of aryl methyl sites for hydroxylation is 1. The second-order valence-electron chi connectivity index (χ2n) is 4.94. The van der Waals surface area contributed by atoms with Gasteiger partial charge in [0.25, 0.3) is 5.69 Å². The van der Waals surface area contributed by atoms with Gasteiger partial charge in [-0.15, -0.1) is 0 Å². The van der Waals surface area contributed by atoms with Gasteiger partial charge in [-0.1, -0.05) is 30.3 Å². The SMILES string of the molecule is CNC(Cc1ccccc1[N+](=O)[O-])c1ccc(F)c(C)c1. The fourth-order valence-electron chi connectivity index (χ4n) is 2.35. The first kappa shape index (κ1) is 15.1. The molecular weight excluding hydrogens is 271 g/mol. The summed E-state index contributed by atoms with van der Waals surface area (Å²) in [7, 11) is 1.79. The molecule has 21 heavy (non-hydrogen) atoms. The van der Waals surface area contributed by atoms with Gasteiger partial charge in [0.2, 0.25) is 0 Å². The lowest BCUT2D eigenvalue weighted by Gasteiger charge is -2.17. The molecule has 4 nitrogen and oxygen atoms in total. The molecule has 0 fully saturated rings. The molecule has 0 amide bonds. The smallest absolute Gasteiger partial charge is 0.272 e. The van der Waals surface area contributed by atoms with Crippen molar-refractivity contribution < 1.29 is 9.31 Å². The Morgan fingerprint density at radius 2 is 2.00 bits per heavy atom. The van der Waals surface area contributed by atoms with Gasteiger partial charge in [-0.25, -0.2) is 4.39 Å². The molecule has 0 saturated carbocycles. The van der Waals surface area contributed by atoms with Crippen LogP contribution in [0.2, 0.25) is 0 Å². The number of halogens is 1. The van der Waals surface area contributed by atoms with E-state index in [0.717, 1.165) is 5.56 Å². The predicted molar refractivity (Wildman–Crippen MR) is 79.7 cm³/mol. The van der Waals surface area contributed by atoms with Crippen LogP contribution in [0.1, 0.15) is 22.7 Å². The number of rotatable bonds is 5. The van der Waals surface area contributed by atoms with E-state index in [4.69, 9.17) is 0 Å². The summed E-state index contributed by atoms with van der Waals surface area (Å²) >= 11 is 0. The molecule has 2 aromatic rings. The standard InChI is InChI=1S/C16H17FN2O2/c1-11-9-12(7-8-14(11)17)15(18-2)10-13-5-3-4-6-16(13)19(20)21/h3-9,15,18H,10H2,1-2H3. The van der Waals surface area contributed by atoms with Crippen LogP contribution in [0.25, 0.3) is 0 Å². The molecule has 5 heteroatoms. The summed E-state index contributed by atoms with van der Waals surface area (Å²) in [6, 6.07) is 11.5. The van der Waals surface area contributed by atoms with Crippen molar-refractivity contribution in [2.24, 2.45) is 0 Å². The first-order valence-electron chi connectivity index (χ1n) is 6.68. The maximum atomic E-state index is 13.4. The topological polar surface area (TPSA) is 55.2 Å². The molecule has 0 aliphatic rings. The largest absolute Gasteiger partial charge is 0.313 e. The van der Waals surface area contributed by atoms with Gasteiger partial charge >= 0.3 is 0 Å². The number of nitrogens with zero attached hydrogens (tertiary/aromatic N) is 1. The van der Waals surface area contributed by atoms with Crippen LogP contribution in [0.5, 0.6) is 0 Å². The van der Waals surface area contributed by atoms with Gasteiger partial charge in [-0.05, 0) is 37.6 Å². The third-order valence-electron chi connectivity index (χ3n) is 3.55. The molecule has 0 saturated heterocycles. The molecule has 0 spiro atoms. The van der Waals surface area contributed by atoms with Crippen LogP contribution in [0, 0.1) is 22.9 Å².